The number of hydrogen-bond acceptors (Lipinski definition) is 5. The fourth-order valence-electron chi connectivity index (χ4n) is 3.65. The predicted molar refractivity (Wildman–Crippen MR) is 96.6 cm³/mol. The first kappa shape index (κ1) is 18.4. The molecule has 1 aromatic heterocycles. The molecule has 2 aliphatic rings. The minimum atomic E-state index is 0.0610. The molecule has 140 valence electrons. The number of imidazole rings is 1. The van der Waals surface area contributed by atoms with Crippen LogP contribution in [-0.4, -0.2) is 95.7 Å². The Bertz CT molecular complexity index is 547. The Hall–Kier alpha value is -1.44. The van der Waals surface area contributed by atoms with E-state index in [9.17, 15) is 4.79 Å². The van der Waals surface area contributed by atoms with Gasteiger partial charge in [-0.1, -0.05) is 0 Å². The Morgan fingerprint density at radius 3 is 2.60 bits per heavy atom. The molecule has 0 unspecified atom stereocenters. The minimum Gasteiger partial charge on any atom is -0.381 e. The molecule has 0 saturated carbocycles. The number of hydrogen-bond donors (Lipinski definition) is 0. The Morgan fingerprint density at radius 2 is 1.96 bits per heavy atom. The number of aromatic nitrogens is 2. The van der Waals surface area contributed by atoms with Gasteiger partial charge in [-0.15, -0.1) is 0 Å². The van der Waals surface area contributed by atoms with Crippen LogP contribution in [-0.2, 0) is 11.8 Å². The molecule has 0 N–H and O–H groups in total. The summed E-state index contributed by atoms with van der Waals surface area (Å²) in [7, 11) is 4.08. The molecule has 0 aromatic carbocycles. The van der Waals surface area contributed by atoms with Crippen LogP contribution in [0.25, 0.3) is 0 Å². The molecule has 3 rings (SSSR count). The van der Waals surface area contributed by atoms with E-state index in [0.717, 1.165) is 71.7 Å². The average molecular weight is 349 g/mol. The Kier molecular flexibility index (Phi) is 6.45. The van der Waals surface area contributed by atoms with Gasteiger partial charge in [0.1, 0.15) is 5.69 Å². The van der Waals surface area contributed by atoms with Crippen LogP contribution in [0.5, 0.6) is 0 Å². The maximum Gasteiger partial charge on any atom is 0.274 e. The van der Waals surface area contributed by atoms with Crippen molar-refractivity contribution in [1.29, 1.82) is 0 Å². The van der Waals surface area contributed by atoms with Crippen molar-refractivity contribution in [2.24, 2.45) is 7.05 Å². The summed E-state index contributed by atoms with van der Waals surface area (Å²) < 4.78 is 7.31. The second-order valence-electron chi connectivity index (χ2n) is 7.26. The first-order valence-corrected chi connectivity index (χ1v) is 9.41. The Labute approximate surface area is 150 Å². The van der Waals surface area contributed by atoms with Gasteiger partial charge in [0, 0.05) is 65.2 Å². The van der Waals surface area contributed by atoms with E-state index in [-0.39, 0.29) is 11.9 Å². The summed E-state index contributed by atoms with van der Waals surface area (Å²) in [5, 5.41) is 0. The highest BCUT2D eigenvalue weighted by atomic mass is 16.5. The number of rotatable bonds is 6. The normalized spacial score (nSPS) is 20.7. The van der Waals surface area contributed by atoms with Crippen molar-refractivity contribution in [2.45, 2.75) is 25.3 Å². The highest BCUT2D eigenvalue weighted by molar-refractivity contribution is 5.92. The largest absolute Gasteiger partial charge is 0.381 e. The average Bonchev–Trinajstić information content (AvgIpc) is 3.07. The fourth-order valence-corrected chi connectivity index (χ4v) is 3.65. The third kappa shape index (κ3) is 5.03. The summed E-state index contributed by atoms with van der Waals surface area (Å²) in [5.41, 5.74) is 0.550. The van der Waals surface area contributed by atoms with E-state index >= 15 is 0 Å². The van der Waals surface area contributed by atoms with Crippen LogP contribution in [0.4, 0.5) is 0 Å². The SMILES string of the molecule is CN1CCN(CCCN(C(=O)c2cn(C)cn2)C2CCOCC2)CC1. The van der Waals surface area contributed by atoms with Gasteiger partial charge in [0.05, 0.1) is 6.33 Å². The lowest BCUT2D eigenvalue weighted by atomic mass is 10.1. The summed E-state index contributed by atoms with van der Waals surface area (Å²) in [6.45, 7) is 7.87. The number of aryl methyl sites for hydroxylation is 1. The molecule has 0 atom stereocenters. The van der Waals surface area contributed by atoms with Crippen LogP contribution in [0.15, 0.2) is 12.5 Å². The lowest BCUT2D eigenvalue weighted by molar-refractivity contribution is 0.0273. The van der Waals surface area contributed by atoms with Crippen molar-refractivity contribution >= 4 is 5.91 Å². The van der Waals surface area contributed by atoms with Crippen molar-refractivity contribution in [3.05, 3.63) is 18.2 Å². The van der Waals surface area contributed by atoms with Gasteiger partial charge < -0.3 is 24.0 Å². The van der Waals surface area contributed by atoms with Crippen molar-refractivity contribution in [1.82, 2.24) is 24.3 Å². The van der Waals surface area contributed by atoms with Crippen molar-refractivity contribution in [3.63, 3.8) is 0 Å². The zero-order chi connectivity index (χ0) is 17.6. The number of ether oxygens (including phenoxy) is 1. The van der Waals surface area contributed by atoms with Gasteiger partial charge >= 0.3 is 0 Å². The molecular weight excluding hydrogens is 318 g/mol. The lowest BCUT2D eigenvalue weighted by Gasteiger charge is -2.36. The van der Waals surface area contributed by atoms with Crippen molar-refractivity contribution in [3.8, 4) is 0 Å². The smallest absolute Gasteiger partial charge is 0.274 e. The molecule has 2 fully saturated rings. The van der Waals surface area contributed by atoms with E-state index in [1.54, 1.807) is 6.33 Å². The van der Waals surface area contributed by atoms with Crippen LogP contribution < -0.4 is 0 Å². The third-order valence-electron chi connectivity index (χ3n) is 5.29. The second-order valence-corrected chi connectivity index (χ2v) is 7.26. The molecule has 25 heavy (non-hydrogen) atoms. The van der Waals surface area contributed by atoms with Crippen LogP contribution in [0.1, 0.15) is 29.8 Å². The van der Waals surface area contributed by atoms with Crippen molar-refractivity contribution in [2.75, 3.05) is 59.5 Å². The Balaban J connectivity index is 1.57. The molecule has 7 heteroatoms. The van der Waals surface area contributed by atoms with Crippen molar-refractivity contribution < 1.29 is 9.53 Å². The molecule has 0 bridgehead atoms. The van der Waals surface area contributed by atoms with Crippen LogP contribution >= 0.6 is 0 Å². The van der Waals surface area contributed by atoms with Crippen LogP contribution in [0.3, 0.4) is 0 Å². The summed E-state index contributed by atoms with van der Waals surface area (Å²) in [6.07, 6.45) is 6.37. The number of nitrogens with zero attached hydrogens (tertiary/aromatic N) is 5. The number of carbonyl (C=O) groups excluding carboxylic acids is 1. The topological polar surface area (TPSA) is 53.8 Å². The maximum atomic E-state index is 13.0. The highest BCUT2D eigenvalue weighted by Gasteiger charge is 2.27. The minimum absolute atomic E-state index is 0.0610. The number of likely N-dealkylation sites (N-methyl/N-ethyl adjacent to an activating group) is 1. The standard InChI is InChI=1S/C18H31N5O2/c1-20-8-10-22(11-9-20)6-3-7-23(16-4-12-25-13-5-16)18(24)17-14-21(2)15-19-17/h14-16H,3-13H2,1-2H3. The summed E-state index contributed by atoms with van der Waals surface area (Å²) in [5.74, 6) is 0.0610. The van der Waals surface area contributed by atoms with E-state index in [1.165, 1.54) is 0 Å². The Morgan fingerprint density at radius 1 is 1.24 bits per heavy atom. The first-order chi connectivity index (χ1) is 12.1. The zero-order valence-electron chi connectivity index (χ0n) is 15.6. The molecule has 1 amide bonds. The van der Waals surface area contributed by atoms with Gasteiger partial charge in [-0.05, 0) is 32.9 Å². The third-order valence-corrected chi connectivity index (χ3v) is 5.29. The molecule has 7 nitrogen and oxygen atoms in total. The molecular formula is C18H31N5O2. The lowest BCUT2D eigenvalue weighted by Crippen LogP contribution is -2.47. The van der Waals surface area contributed by atoms with Gasteiger partial charge in [-0.2, -0.15) is 0 Å². The molecule has 2 saturated heterocycles. The van der Waals surface area contributed by atoms with Gasteiger partial charge in [0.15, 0.2) is 0 Å². The maximum absolute atomic E-state index is 13.0. The molecule has 0 spiro atoms. The zero-order valence-corrected chi connectivity index (χ0v) is 15.6. The van der Waals surface area contributed by atoms with E-state index in [2.05, 4.69) is 21.8 Å². The van der Waals surface area contributed by atoms with Crippen LogP contribution in [0, 0.1) is 0 Å². The van der Waals surface area contributed by atoms with E-state index in [1.807, 2.05) is 22.7 Å². The molecule has 0 radical (unpaired) electrons. The predicted octanol–water partition coefficient (Wildman–Crippen LogP) is 0.679. The quantitative estimate of drug-likeness (QED) is 0.756. The monoisotopic (exact) mass is 349 g/mol. The van der Waals surface area contributed by atoms with Gasteiger partial charge in [-0.3, -0.25) is 4.79 Å². The van der Waals surface area contributed by atoms with E-state index in [0.29, 0.717) is 5.69 Å². The highest BCUT2D eigenvalue weighted by Crippen LogP contribution is 2.18. The van der Waals surface area contributed by atoms with Gasteiger partial charge in [0.25, 0.3) is 5.91 Å². The summed E-state index contributed by atoms with van der Waals surface area (Å²) in [4.78, 5) is 24.2. The molecule has 3 heterocycles. The van der Waals surface area contributed by atoms with Crippen LogP contribution in [0.2, 0.25) is 0 Å². The van der Waals surface area contributed by atoms with E-state index in [4.69, 9.17) is 4.74 Å². The molecule has 2 aliphatic heterocycles. The number of carbonyl (C=O) groups is 1. The summed E-state index contributed by atoms with van der Waals surface area (Å²) >= 11 is 0. The second kappa shape index (κ2) is 8.78. The van der Waals surface area contributed by atoms with Gasteiger partial charge in [-0.25, -0.2) is 4.98 Å². The summed E-state index contributed by atoms with van der Waals surface area (Å²) in [6, 6.07) is 0.274. The fraction of sp³-hybridized carbons (Fsp3) is 0.778. The molecule has 0 aliphatic carbocycles. The molecule has 1 aromatic rings. The number of piperazine rings is 1. The van der Waals surface area contributed by atoms with E-state index < -0.39 is 0 Å². The first-order valence-electron chi connectivity index (χ1n) is 9.41. The van der Waals surface area contributed by atoms with Gasteiger partial charge in [0.2, 0.25) is 0 Å². The number of amides is 1.